The van der Waals surface area contributed by atoms with Gasteiger partial charge in [0.05, 0.1) is 12.8 Å². The van der Waals surface area contributed by atoms with Crippen molar-refractivity contribution in [2.75, 3.05) is 7.11 Å². The number of ether oxygens (including phenoxy) is 1. The highest BCUT2D eigenvalue weighted by molar-refractivity contribution is 6.10. The molecule has 1 aromatic heterocycles. The molecule has 0 radical (unpaired) electrons. The number of aromatic nitrogens is 1. The Morgan fingerprint density at radius 1 is 1.50 bits per heavy atom. The van der Waals surface area contributed by atoms with Crippen molar-refractivity contribution in [2.24, 2.45) is 0 Å². The molecule has 1 heterocycles. The van der Waals surface area contributed by atoms with Crippen molar-refractivity contribution in [3.63, 3.8) is 0 Å². The Labute approximate surface area is 81.8 Å². The van der Waals surface area contributed by atoms with Gasteiger partial charge in [0.2, 0.25) is 0 Å². The summed E-state index contributed by atoms with van der Waals surface area (Å²) in [4.78, 5) is 22.3. The van der Waals surface area contributed by atoms with Crippen molar-refractivity contribution < 1.29 is 14.3 Å². The zero-order valence-corrected chi connectivity index (χ0v) is 8.11. The van der Waals surface area contributed by atoms with E-state index in [9.17, 15) is 9.59 Å². The van der Waals surface area contributed by atoms with E-state index in [0.29, 0.717) is 5.69 Å². The van der Waals surface area contributed by atoms with Crippen LogP contribution in [-0.2, 0) is 9.53 Å². The molecule has 0 aliphatic rings. The molecule has 0 bridgehead atoms. The Kier molecular flexibility index (Phi) is 2.86. The highest BCUT2D eigenvalue weighted by Crippen LogP contribution is 2.10. The molecule has 74 valence electrons. The van der Waals surface area contributed by atoms with E-state index in [1.165, 1.54) is 18.6 Å². The molecular formula is C10H11NO3. The molecule has 0 spiro atoms. The molecular weight excluding hydrogens is 182 g/mol. The quantitative estimate of drug-likeness (QED) is 0.413. The van der Waals surface area contributed by atoms with Crippen LogP contribution in [0.2, 0.25) is 0 Å². The second-order valence-electron chi connectivity index (χ2n) is 2.76. The summed E-state index contributed by atoms with van der Waals surface area (Å²) in [6, 6.07) is 3.29. The van der Waals surface area contributed by atoms with Crippen LogP contribution in [0.3, 0.4) is 0 Å². The van der Waals surface area contributed by atoms with Gasteiger partial charge in [-0.15, -0.1) is 0 Å². The third kappa shape index (κ3) is 1.74. The number of hydrogen-bond donors (Lipinski definition) is 0. The van der Waals surface area contributed by atoms with Crippen molar-refractivity contribution >= 4 is 17.4 Å². The molecule has 0 saturated heterocycles. The van der Waals surface area contributed by atoms with Gasteiger partial charge in [-0.25, -0.2) is 4.79 Å². The molecule has 4 nitrogen and oxygen atoms in total. The second-order valence-corrected chi connectivity index (χ2v) is 2.76. The molecule has 0 aliphatic carbocycles. The minimum absolute atomic E-state index is 0.125. The number of carbonyl (C=O) groups is 2. The minimum Gasteiger partial charge on any atom is -0.464 e. The van der Waals surface area contributed by atoms with Gasteiger partial charge < -0.3 is 9.30 Å². The van der Waals surface area contributed by atoms with E-state index in [-0.39, 0.29) is 11.5 Å². The zero-order chi connectivity index (χ0) is 10.7. The lowest BCUT2D eigenvalue weighted by atomic mass is 10.3. The Balaban J connectivity index is 3.07. The van der Waals surface area contributed by atoms with E-state index in [4.69, 9.17) is 0 Å². The summed E-state index contributed by atoms with van der Waals surface area (Å²) in [5.74, 6) is -0.677. The lowest BCUT2D eigenvalue weighted by Crippen LogP contribution is -2.12. The summed E-state index contributed by atoms with van der Waals surface area (Å²) in [6.07, 6.45) is 1.59. The second kappa shape index (κ2) is 3.91. The van der Waals surface area contributed by atoms with Crippen LogP contribution in [0.4, 0.5) is 0 Å². The molecule has 4 heteroatoms. The molecule has 14 heavy (non-hydrogen) atoms. The summed E-state index contributed by atoms with van der Waals surface area (Å²) in [5.41, 5.74) is 0.545. The summed E-state index contributed by atoms with van der Waals surface area (Å²) in [7, 11) is 1.27. The third-order valence-electron chi connectivity index (χ3n) is 1.82. The fraction of sp³-hybridized carbons (Fsp3) is 0.200. The van der Waals surface area contributed by atoms with E-state index in [0.717, 1.165) is 0 Å². The molecule has 0 fully saturated rings. The average molecular weight is 193 g/mol. The maximum atomic E-state index is 11.1. The van der Waals surface area contributed by atoms with E-state index in [2.05, 4.69) is 11.3 Å². The molecule has 0 unspecified atom stereocenters. The van der Waals surface area contributed by atoms with Crippen molar-refractivity contribution in [1.82, 2.24) is 4.57 Å². The maximum absolute atomic E-state index is 11.1. The molecule has 0 amide bonds. The number of methoxy groups -OCH3 is 1. The van der Waals surface area contributed by atoms with Gasteiger partial charge in [-0.05, 0) is 12.1 Å². The number of carbonyl (C=O) groups excluding carboxylic acids is 2. The van der Waals surface area contributed by atoms with Crippen molar-refractivity contribution in [3.05, 3.63) is 30.6 Å². The summed E-state index contributed by atoms with van der Waals surface area (Å²) >= 11 is 0. The maximum Gasteiger partial charge on any atom is 0.354 e. The predicted molar refractivity (Wildman–Crippen MR) is 51.8 cm³/mol. The third-order valence-corrected chi connectivity index (χ3v) is 1.82. The number of nitrogens with zero attached hydrogens (tertiary/aromatic N) is 1. The molecule has 0 atom stereocenters. The predicted octanol–water partition coefficient (Wildman–Crippen LogP) is 1.33. The number of Topliss-reactive ketones (excluding diaryl/α,β-unsaturated/α-hetero) is 1. The lowest BCUT2D eigenvalue weighted by molar-refractivity contribution is -0.134. The average Bonchev–Trinajstić information content (AvgIpc) is 2.63. The van der Waals surface area contributed by atoms with Crippen LogP contribution in [0.15, 0.2) is 24.9 Å². The van der Waals surface area contributed by atoms with Crippen LogP contribution < -0.4 is 0 Å². The van der Waals surface area contributed by atoms with Gasteiger partial charge in [-0.1, -0.05) is 6.58 Å². The number of rotatable bonds is 3. The first-order valence-electron chi connectivity index (χ1n) is 4.03. The van der Waals surface area contributed by atoms with Gasteiger partial charge in [-0.3, -0.25) is 4.79 Å². The van der Waals surface area contributed by atoms with Crippen LogP contribution >= 0.6 is 0 Å². The summed E-state index contributed by atoms with van der Waals surface area (Å²) in [6.45, 7) is 4.97. The Hall–Kier alpha value is -1.84. The van der Waals surface area contributed by atoms with E-state index >= 15 is 0 Å². The van der Waals surface area contributed by atoms with Crippen molar-refractivity contribution in [3.8, 4) is 0 Å². The number of ketones is 1. The Bertz CT molecular complexity index is 390. The van der Waals surface area contributed by atoms with Crippen LogP contribution in [-0.4, -0.2) is 23.4 Å². The minimum atomic E-state index is -0.552. The van der Waals surface area contributed by atoms with Crippen LogP contribution in [0.5, 0.6) is 0 Å². The lowest BCUT2D eigenvalue weighted by Gasteiger charge is -2.07. The normalized spacial score (nSPS) is 9.57. The van der Waals surface area contributed by atoms with Gasteiger partial charge in [0.1, 0.15) is 5.70 Å². The molecule has 1 rings (SSSR count). The van der Waals surface area contributed by atoms with Gasteiger partial charge in [0.15, 0.2) is 5.78 Å². The first-order chi connectivity index (χ1) is 6.57. The van der Waals surface area contributed by atoms with E-state index < -0.39 is 5.97 Å². The van der Waals surface area contributed by atoms with Crippen LogP contribution in [0, 0.1) is 0 Å². The smallest absolute Gasteiger partial charge is 0.354 e. The number of esters is 1. The van der Waals surface area contributed by atoms with E-state index in [1.807, 2.05) is 0 Å². The van der Waals surface area contributed by atoms with Crippen molar-refractivity contribution in [1.29, 1.82) is 0 Å². The van der Waals surface area contributed by atoms with Gasteiger partial charge >= 0.3 is 5.97 Å². The van der Waals surface area contributed by atoms with Gasteiger partial charge in [-0.2, -0.15) is 0 Å². The van der Waals surface area contributed by atoms with E-state index in [1.54, 1.807) is 18.3 Å². The molecule has 1 aromatic rings. The Morgan fingerprint density at radius 3 is 2.64 bits per heavy atom. The van der Waals surface area contributed by atoms with Crippen LogP contribution in [0.25, 0.3) is 5.70 Å². The fourth-order valence-corrected chi connectivity index (χ4v) is 1.12. The molecule has 0 saturated carbocycles. The SMILES string of the molecule is C=C(C(=O)OC)n1cccc1C(C)=O. The monoisotopic (exact) mass is 193 g/mol. The summed E-state index contributed by atoms with van der Waals surface area (Å²) < 4.78 is 5.91. The topological polar surface area (TPSA) is 48.3 Å². The van der Waals surface area contributed by atoms with Gasteiger partial charge in [0.25, 0.3) is 0 Å². The fourth-order valence-electron chi connectivity index (χ4n) is 1.12. The molecule has 0 aromatic carbocycles. The Morgan fingerprint density at radius 2 is 2.14 bits per heavy atom. The number of hydrogen-bond acceptors (Lipinski definition) is 3. The summed E-state index contributed by atoms with van der Waals surface area (Å²) in [5, 5.41) is 0. The zero-order valence-electron chi connectivity index (χ0n) is 8.11. The molecule has 0 aliphatic heterocycles. The van der Waals surface area contributed by atoms with Crippen LogP contribution in [0.1, 0.15) is 17.4 Å². The molecule has 0 N–H and O–H groups in total. The first-order valence-corrected chi connectivity index (χ1v) is 4.03. The standard InChI is InChI=1S/C10H11NO3/c1-7(10(13)14-3)11-6-4-5-9(11)8(2)12/h4-6H,1H2,2-3H3. The highest BCUT2D eigenvalue weighted by Gasteiger charge is 2.13. The highest BCUT2D eigenvalue weighted by atomic mass is 16.5. The first kappa shape index (κ1) is 10.2. The van der Waals surface area contributed by atoms with Crippen molar-refractivity contribution in [2.45, 2.75) is 6.92 Å². The van der Waals surface area contributed by atoms with Gasteiger partial charge in [0, 0.05) is 13.1 Å². The largest absolute Gasteiger partial charge is 0.464 e.